The van der Waals surface area contributed by atoms with E-state index >= 15 is 0 Å². The first kappa shape index (κ1) is 14.6. The van der Waals surface area contributed by atoms with Gasteiger partial charge in [0.25, 0.3) is 0 Å². The Labute approximate surface area is 130 Å². The Hall–Kier alpha value is -1.35. The molecule has 0 amide bonds. The van der Waals surface area contributed by atoms with Gasteiger partial charge in [0.05, 0.1) is 11.3 Å². The van der Waals surface area contributed by atoms with Gasteiger partial charge in [-0.05, 0) is 48.8 Å². The van der Waals surface area contributed by atoms with E-state index in [1.165, 1.54) is 6.42 Å². The van der Waals surface area contributed by atoms with Crippen LogP contribution >= 0.6 is 11.6 Å². The average molecular weight is 306 g/mol. The van der Waals surface area contributed by atoms with E-state index in [2.05, 4.69) is 25.9 Å². The topological polar surface area (TPSA) is 38.7 Å². The smallest absolute Gasteiger partial charge is 0.313 e. The van der Waals surface area contributed by atoms with E-state index in [4.69, 9.17) is 16.4 Å². The molecule has 0 spiro atoms. The molecule has 112 valence electrons. The molecule has 3 rings (SSSR count). The molecule has 0 N–H and O–H groups in total. The quantitative estimate of drug-likeness (QED) is 0.587. The summed E-state index contributed by atoms with van der Waals surface area (Å²) in [5.74, 6) is 0.195. The van der Waals surface area contributed by atoms with Gasteiger partial charge in [0, 0.05) is 10.4 Å². The Balaban J connectivity index is 1.77. The van der Waals surface area contributed by atoms with Crippen LogP contribution < -0.4 is 0 Å². The third-order valence-corrected chi connectivity index (χ3v) is 6.05. The number of hydrogen-bond donors (Lipinski definition) is 0. The van der Waals surface area contributed by atoms with Crippen molar-refractivity contribution in [2.75, 3.05) is 0 Å². The number of rotatable bonds is 2. The zero-order valence-electron chi connectivity index (χ0n) is 12.6. The number of benzene rings is 1. The maximum Gasteiger partial charge on any atom is 0.365 e. The predicted molar refractivity (Wildman–Crippen MR) is 83.5 cm³/mol. The van der Waals surface area contributed by atoms with Crippen LogP contribution in [0.4, 0.5) is 0 Å². The lowest BCUT2D eigenvalue weighted by Crippen LogP contribution is -2.32. The summed E-state index contributed by atoms with van der Waals surface area (Å²) in [6.07, 6.45) is 3.30. The summed E-state index contributed by atoms with van der Waals surface area (Å²) in [5, 5.41) is 4.72. The van der Waals surface area contributed by atoms with Crippen molar-refractivity contribution in [3.8, 4) is 0 Å². The molecule has 0 radical (unpaired) electrons. The number of nitrogens with zero attached hydrogens (tertiary/aromatic N) is 1. The Kier molecular flexibility index (Phi) is 3.36. The molecular formula is C17H20ClNO2. The van der Waals surface area contributed by atoms with Crippen molar-refractivity contribution < 1.29 is 9.63 Å². The van der Waals surface area contributed by atoms with E-state index in [0.29, 0.717) is 16.5 Å². The number of oxime groups is 1. The molecule has 1 aromatic carbocycles. The lowest BCUT2D eigenvalue weighted by Gasteiger charge is -2.34. The molecule has 2 fully saturated rings. The molecule has 1 aromatic rings. The zero-order valence-corrected chi connectivity index (χ0v) is 13.4. The Morgan fingerprint density at radius 2 is 2.14 bits per heavy atom. The van der Waals surface area contributed by atoms with Crippen LogP contribution in [0.3, 0.4) is 0 Å². The van der Waals surface area contributed by atoms with E-state index in [-0.39, 0.29) is 10.8 Å². The Bertz CT molecular complexity index is 623. The molecule has 0 saturated heterocycles. The largest absolute Gasteiger partial charge is 0.365 e. The summed E-state index contributed by atoms with van der Waals surface area (Å²) >= 11 is 5.88. The molecule has 2 saturated carbocycles. The first-order chi connectivity index (χ1) is 9.84. The van der Waals surface area contributed by atoms with Gasteiger partial charge in [-0.1, -0.05) is 43.6 Å². The van der Waals surface area contributed by atoms with E-state index in [1.54, 1.807) is 24.3 Å². The molecule has 2 aliphatic carbocycles. The predicted octanol–water partition coefficient (Wildman–Crippen LogP) is 4.70. The SMILES string of the molecule is CC12CCC(CC1=NOC(=O)c1cccc(Cl)c1)C2(C)C. The van der Waals surface area contributed by atoms with Gasteiger partial charge >= 0.3 is 5.97 Å². The minimum Gasteiger partial charge on any atom is -0.313 e. The Morgan fingerprint density at radius 1 is 1.38 bits per heavy atom. The minimum absolute atomic E-state index is 0.0479. The summed E-state index contributed by atoms with van der Waals surface area (Å²) in [7, 11) is 0. The Morgan fingerprint density at radius 3 is 2.71 bits per heavy atom. The maximum absolute atomic E-state index is 12.0. The second-order valence-corrected chi connectivity index (χ2v) is 7.36. The van der Waals surface area contributed by atoms with E-state index < -0.39 is 5.97 Å². The summed E-state index contributed by atoms with van der Waals surface area (Å²) in [6.45, 7) is 6.84. The van der Waals surface area contributed by atoms with Crippen molar-refractivity contribution >= 4 is 23.3 Å². The highest BCUT2D eigenvalue weighted by molar-refractivity contribution is 6.30. The fraction of sp³-hybridized carbons (Fsp3) is 0.529. The second kappa shape index (κ2) is 4.84. The van der Waals surface area contributed by atoms with E-state index in [9.17, 15) is 4.79 Å². The van der Waals surface area contributed by atoms with Crippen LogP contribution in [0.2, 0.25) is 5.02 Å². The third-order valence-electron chi connectivity index (χ3n) is 5.81. The van der Waals surface area contributed by atoms with Gasteiger partial charge in [0.15, 0.2) is 0 Å². The molecule has 3 nitrogen and oxygen atoms in total. The van der Waals surface area contributed by atoms with Gasteiger partial charge in [-0.2, -0.15) is 0 Å². The first-order valence-electron chi connectivity index (χ1n) is 7.39. The monoisotopic (exact) mass is 305 g/mol. The molecule has 2 bridgehead atoms. The van der Waals surface area contributed by atoms with Crippen LogP contribution in [0.15, 0.2) is 29.4 Å². The highest BCUT2D eigenvalue weighted by atomic mass is 35.5. The van der Waals surface area contributed by atoms with E-state index in [1.807, 2.05) is 0 Å². The lowest BCUT2D eigenvalue weighted by atomic mass is 9.70. The summed E-state index contributed by atoms with van der Waals surface area (Å²) in [6, 6.07) is 6.73. The van der Waals surface area contributed by atoms with Crippen LogP contribution in [-0.4, -0.2) is 11.7 Å². The highest BCUT2D eigenvalue weighted by Gasteiger charge is 2.60. The van der Waals surface area contributed by atoms with Crippen molar-refractivity contribution in [1.82, 2.24) is 0 Å². The van der Waals surface area contributed by atoms with Crippen molar-refractivity contribution in [3.05, 3.63) is 34.9 Å². The number of hydrogen-bond acceptors (Lipinski definition) is 3. The molecule has 0 aliphatic heterocycles. The normalized spacial score (nSPS) is 31.6. The number of fused-ring (bicyclic) bond motifs is 2. The number of carbonyl (C=O) groups is 1. The van der Waals surface area contributed by atoms with Gasteiger partial charge in [0.2, 0.25) is 0 Å². The van der Waals surface area contributed by atoms with Crippen molar-refractivity contribution in [2.45, 2.75) is 40.0 Å². The summed E-state index contributed by atoms with van der Waals surface area (Å²) in [5.41, 5.74) is 1.74. The molecule has 2 atom stereocenters. The van der Waals surface area contributed by atoms with E-state index in [0.717, 1.165) is 18.6 Å². The number of carbonyl (C=O) groups excluding carboxylic acids is 1. The average Bonchev–Trinajstić information content (AvgIpc) is 2.77. The fourth-order valence-corrected chi connectivity index (χ4v) is 4.02. The zero-order chi connectivity index (χ0) is 15.3. The van der Waals surface area contributed by atoms with Gasteiger partial charge < -0.3 is 4.84 Å². The van der Waals surface area contributed by atoms with Crippen LogP contribution in [0, 0.1) is 16.7 Å². The standard InChI is InChI=1S/C17H20ClNO2/c1-16(2)12-7-8-17(16,3)14(10-12)19-21-15(20)11-5-4-6-13(18)9-11/h4-6,9,12H,7-8,10H2,1-3H3. The van der Waals surface area contributed by atoms with Gasteiger partial charge in [-0.3, -0.25) is 0 Å². The molecule has 2 aliphatic rings. The van der Waals surface area contributed by atoms with Gasteiger partial charge in [-0.25, -0.2) is 4.79 Å². The maximum atomic E-state index is 12.0. The van der Waals surface area contributed by atoms with Crippen LogP contribution in [0.25, 0.3) is 0 Å². The van der Waals surface area contributed by atoms with Crippen molar-refractivity contribution in [3.63, 3.8) is 0 Å². The second-order valence-electron chi connectivity index (χ2n) is 6.92. The molecule has 21 heavy (non-hydrogen) atoms. The van der Waals surface area contributed by atoms with Crippen LogP contribution in [0.1, 0.15) is 50.4 Å². The molecule has 2 unspecified atom stereocenters. The molecule has 4 heteroatoms. The molecule has 0 aromatic heterocycles. The lowest BCUT2D eigenvalue weighted by molar-refractivity contribution is 0.0508. The van der Waals surface area contributed by atoms with Gasteiger partial charge in [-0.15, -0.1) is 0 Å². The highest BCUT2D eigenvalue weighted by Crippen LogP contribution is 2.63. The van der Waals surface area contributed by atoms with Crippen molar-refractivity contribution in [1.29, 1.82) is 0 Å². The third kappa shape index (κ3) is 2.18. The van der Waals surface area contributed by atoms with Gasteiger partial charge in [0.1, 0.15) is 0 Å². The number of halogens is 1. The van der Waals surface area contributed by atoms with Crippen molar-refractivity contribution in [2.24, 2.45) is 21.9 Å². The summed E-state index contributed by atoms with van der Waals surface area (Å²) in [4.78, 5) is 17.2. The fourth-order valence-electron chi connectivity index (χ4n) is 3.83. The summed E-state index contributed by atoms with van der Waals surface area (Å²) < 4.78 is 0. The van der Waals surface area contributed by atoms with Crippen LogP contribution in [-0.2, 0) is 4.84 Å². The first-order valence-corrected chi connectivity index (χ1v) is 7.77. The molecule has 0 heterocycles. The molecular weight excluding hydrogens is 286 g/mol. The van der Waals surface area contributed by atoms with Crippen LogP contribution in [0.5, 0.6) is 0 Å². The minimum atomic E-state index is -0.450.